The van der Waals surface area contributed by atoms with Crippen LogP contribution in [0.2, 0.25) is 0 Å². The van der Waals surface area contributed by atoms with Crippen molar-refractivity contribution in [3.05, 3.63) is 35.4 Å². The van der Waals surface area contributed by atoms with Gasteiger partial charge in [0.15, 0.2) is 0 Å². The van der Waals surface area contributed by atoms with Crippen molar-refractivity contribution >= 4 is 5.71 Å². The van der Waals surface area contributed by atoms with Crippen molar-refractivity contribution in [2.75, 3.05) is 7.05 Å². The highest BCUT2D eigenvalue weighted by Gasteiger charge is 2.06. The van der Waals surface area contributed by atoms with Crippen LogP contribution in [0.4, 0.5) is 0 Å². The largest absolute Gasteiger partial charge is 0.293 e. The Bertz CT molecular complexity index is 311. The zero-order chi connectivity index (χ0) is 9.84. The molecule has 1 aromatic rings. The molecule has 0 atom stereocenters. The molecule has 1 heteroatoms. The van der Waals surface area contributed by atoms with Gasteiger partial charge >= 0.3 is 0 Å². The lowest BCUT2D eigenvalue weighted by molar-refractivity contribution is 0.863. The van der Waals surface area contributed by atoms with Crippen LogP contribution in [0.1, 0.15) is 37.8 Å². The van der Waals surface area contributed by atoms with Gasteiger partial charge in [-0.25, -0.2) is 0 Å². The van der Waals surface area contributed by atoms with E-state index in [0.717, 1.165) is 5.71 Å². The van der Waals surface area contributed by atoms with E-state index in [2.05, 4.69) is 50.0 Å². The zero-order valence-corrected chi connectivity index (χ0v) is 8.83. The van der Waals surface area contributed by atoms with Crippen LogP contribution in [0.15, 0.2) is 29.3 Å². The molecule has 0 N–H and O–H groups in total. The first-order chi connectivity index (χ1) is 6.16. The third-order valence-electron chi connectivity index (χ3n) is 2.31. The smallest absolute Gasteiger partial charge is 0.0389 e. The Morgan fingerprint density at radius 2 is 1.85 bits per heavy atom. The van der Waals surface area contributed by atoms with E-state index in [1.54, 1.807) is 0 Å². The maximum atomic E-state index is 4.22. The van der Waals surface area contributed by atoms with E-state index in [1.165, 1.54) is 11.1 Å². The van der Waals surface area contributed by atoms with Crippen LogP contribution in [0, 0.1) is 0 Å². The van der Waals surface area contributed by atoms with Crippen molar-refractivity contribution in [1.29, 1.82) is 0 Å². The molecule has 0 heterocycles. The molecule has 0 unspecified atom stereocenters. The second-order valence-corrected chi connectivity index (χ2v) is 3.55. The van der Waals surface area contributed by atoms with Gasteiger partial charge in [-0.1, -0.05) is 38.1 Å². The minimum absolute atomic E-state index is 0.563. The Morgan fingerprint density at radius 1 is 1.23 bits per heavy atom. The van der Waals surface area contributed by atoms with Gasteiger partial charge in [0.1, 0.15) is 0 Å². The molecule has 1 nitrogen and oxygen atoms in total. The fourth-order valence-corrected chi connectivity index (χ4v) is 1.45. The fraction of sp³-hybridized carbons (Fsp3) is 0.417. The van der Waals surface area contributed by atoms with E-state index in [4.69, 9.17) is 0 Å². The van der Waals surface area contributed by atoms with E-state index in [-0.39, 0.29) is 0 Å². The highest BCUT2D eigenvalue weighted by molar-refractivity contribution is 6.00. The van der Waals surface area contributed by atoms with Crippen LogP contribution in [0.5, 0.6) is 0 Å². The van der Waals surface area contributed by atoms with Crippen molar-refractivity contribution < 1.29 is 0 Å². The van der Waals surface area contributed by atoms with Crippen LogP contribution < -0.4 is 0 Å². The van der Waals surface area contributed by atoms with Crippen molar-refractivity contribution in [3.63, 3.8) is 0 Å². The van der Waals surface area contributed by atoms with Crippen LogP contribution in [0.25, 0.3) is 0 Å². The van der Waals surface area contributed by atoms with Crippen molar-refractivity contribution in [3.8, 4) is 0 Å². The van der Waals surface area contributed by atoms with Gasteiger partial charge in [0, 0.05) is 12.8 Å². The molecule has 0 aliphatic heterocycles. The molecule has 0 amide bonds. The number of hydrogen-bond donors (Lipinski definition) is 0. The molecule has 0 saturated heterocycles. The summed E-state index contributed by atoms with van der Waals surface area (Å²) in [6.45, 7) is 6.48. The monoisotopic (exact) mass is 175 g/mol. The topological polar surface area (TPSA) is 12.4 Å². The molecule has 13 heavy (non-hydrogen) atoms. The molecule has 0 aliphatic carbocycles. The summed E-state index contributed by atoms with van der Waals surface area (Å²) in [5.74, 6) is 0.563. The summed E-state index contributed by atoms with van der Waals surface area (Å²) in [5.41, 5.74) is 3.77. The van der Waals surface area contributed by atoms with Crippen LogP contribution >= 0.6 is 0 Å². The number of rotatable bonds is 2. The van der Waals surface area contributed by atoms with Crippen molar-refractivity contribution in [1.82, 2.24) is 0 Å². The second kappa shape index (κ2) is 4.22. The quantitative estimate of drug-likeness (QED) is 0.612. The molecule has 0 spiro atoms. The fourth-order valence-electron chi connectivity index (χ4n) is 1.45. The van der Waals surface area contributed by atoms with Crippen molar-refractivity contribution in [2.45, 2.75) is 26.7 Å². The summed E-state index contributed by atoms with van der Waals surface area (Å²) < 4.78 is 0. The summed E-state index contributed by atoms with van der Waals surface area (Å²) in [7, 11) is 1.84. The van der Waals surface area contributed by atoms with Gasteiger partial charge in [-0.05, 0) is 24.0 Å². The maximum absolute atomic E-state index is 4.22. The Kier molecular flexibility index (Phi) is 3.24. The highest BCUT2D eigenvalue weighted by Crippen LogP contribution is 2.19. The van der Waals surface area contributed by atoms with E-state index in [0.29, 0.717) is 5.92 Å². The van der Waals surface area contributed by atoms with E-state index in [9.17, 15) is 0 Å². The maximum Gasteiger partial charge on any atom is 0.0389 e. The second-order valence-electron chi connectivity index (χ2n) is 3.55. The first-order valence-electron chi connectivity index (χ1n) is 4.69. The molecular formula is C12H17N. The first-order valence-corrected chi connectivity index (χ1v) is 4.69. The lowest BCUT2D eigenvalue weighted by atomic mass is 9.95. The number of aliphatic imine (C=N–C) groups is 1. The summed E-state index contributed by atoms with van der Waals surface area (Å²) in [6.07, 6.45) is 0. The third kappa shape index (κ3) is 2.18. The highest BCUT2D eigenvalue weighted by atomic mass is 14.7. The Labute approximate surface area is 80.5 Å². The van der Waals surface area contributed by atoms with Gasteiger partial charge < -0.3 is 0 Å². The molecular weight excluding hydrogens is 158 g/mol. The zero-order valence-electron chi connectivity index (χ0n) is 8.83. The average molecular weight is 175 g/mol. The van der Waals surface area contributed by atoms with Crippen LogP contribution in [-0.2, 0) is 0 Å². The number of benzene rings is 1. The summed E-state index contributed by atoms with van der Waals surface area (Å²) >= 11 is 0. The van der Waals surface area contributed by atoms with E-state index < -0.39 is 0 Å². The molecule has 0 bridgehead atoms. The predicted octanol–water partition coefficient (Wildman–Crippen LogP) is 3.25. The van der Waals surface area contributed by atoms with E-state index >= 15 is 0 Å². The number of nitrogens with zero attached hydrogens (tertiary/aromatic N) is 1. The van der Waals surface area contributed by atoms with E-state index in [1.807, 2.05) is 7.05 Å². The molecule has 0 aliphatic rings. The standard InChI is InChI=1S/C12H17N/c1-9(2)11-7-5-6-8-12(11)10(3)13-4/h5-9H,1-4H3. The van der Waals surface area contributed by atoms with Crippen LogP contribution in [-0.4, -0.2) is 12.8 Å². The Balaban J connectivity index is 3.20. The first kappa shape index (κ1) is 9.97. The lowest BCUT2D eigenvalue weighted by Gasteiger charge is -2.11. The summed E-state index contributed by atoms with van der Waals surface area (Å²) in [4.78, 5) is 4.22. The molecule has 1 aromatic carbocycles. The Hall–Kier alpha value is -1.11. The van der Waals surface area contributed by atoms with Gasteiger partial charge in [-0.2, -0.15) is 0 Å². The minimum Gasteiger partial charge on any atom is -0.293 e. The summed E-state index contributed by atoms with van der Waals surface area (Å²) in [6, 6.07) is 8.46. The van der Waals surface area contributed by atoms with Gasteiger partial charge in [-0.15, -0.1) is 0 Å². The van der Waals surface area contributed by atoms with Gasteiger partial charge in [-0.3, -0.25) is 4.99 Å². The predicted molar refractivity (Wildman–Crippen MR) is 58.7 cm³/mol. The van der Waals surface area contributed by atoms with Crippen molar-refractivity contribution in [2.24, 2.45) is 4.99 Å². The molecule has 0 aromatic heterocycles. The van der Waals surface area contributed by atoms with Crippen LogP contribution in [0.3, 0.4) is 0 Å². The molecule has 0 saturated carbocycles. The molecule has 1 rings (SSSR count). The van der Waals surface area contributed by atoms with Gasteiger partial charge in [0.05, 0.1) is 0 Å². The summed E-state index contributed by atoms with van der Waals surface area (Å²) in [5, 5.41) is 0. The Morgan fingerprint density at radius 3 is 2.38 bits per heavy atom. The third-order valence-corrected chi connectivity index (χ3v) is 2.31. The molecule has 0 fully saturated rings. The SMILES string of the molecule is CN=C(C)c1ccccc1C(C)C. The van der Waals surface area contributed by atoms with Gasteiger partial charge in [0.2, 0.25) is 0 Å². The molecule has 0 radical (unpaired) electrons. The lowest BCUT2D eigenvalue weighted by Crippen LogP contribution is -2.01. The van der Waals surface area contributed by atoms with Gasteiger partial charge in [0.25, 0.3) is 0 Å². The molecule has 70 valence electrons. The average Bonchev–Trinajstić information content (AvgIpc) is 2.16. The number of hydrogen-bond acceptors (Lipinski definition) is 1. The minimum atomic E-state index is 0.563. The normalized spacial score (nSPS) is 12.2.